The molecule has 3 heteroatoms. The van der Waals surface area contributed by atoms with Crippen molar-refractivity contribution in [2.24, 2.45) is 0 Å². The molecule has 0 aliphatic heterocycles. The minimum atomic E-state index is -0.304. The summed E-state index contributed by atoms with van der Waals surface area (Å²) >= 11 is 3.26. The van der Waals surface area contributed by atoms with Crippen LogP contribution in [0.15, 0.2) is 34.8 Å². The van der Waals surface area contributed by atoms with Crippen LogP contribution >= 0.6 is 15.9 Å². The SMILES string of the molecule is Cc1cc(C)c(COc2cc(F)cc(Br)c2)c(C)c1. The lowest BCUT2D eigenvalue weighted by Gasteiger charge is -2.13. The number of benzene rings is 2. The molecule has 2 rings (SSSR count). The standard InChI is InChI=1S/C16H16BrFO/c1-10-4-11(2)16(12(3)5-10)9-19-15-7-13(17)6-14(18)8-15/h4-8H,9H2,1-3H3. The molecule has 2 aromatic rings. The van der Waals surface area contributed by atoms with E-state index in [0.29, 0.717) is 16.8 Å². The van der Waals surface area contributed by atoms with Crippen LogP contribution in [0.1, 0.15) is 22.3 Å². The van der Waals surface area contributed by atoms with E-state index in [9.17, 15) is 4.39 Å². The molecule has 0 bridgehead atoms. The summed E-state index contributed by atoms with van der Waals surface area (Å²) in [5.41, 5.74) is 4.80. The second-order valence-electron chi connectivity index (χ2n) is 4.77. The number of halogens is 2. The van der Waals surface area contributed by atoms with Gasteiger partial charge in [-0.3, -0.25) is 0 Å². The van der Waals surface area contributed by atoms with E-state index in [1.807, 2.05) is 0 Å². The molecule has 0 N–H and O–H groups in total. The topological polar surface area (TPSA) is 9.23 Å². The zero-order valence-corrected chi connectivity index (χ0v) is 12.8. The van der Waals surface area contributed by atoms with Crippen LogP contribution in [0, 0.1) is 26.6 Å². The number of rotatable bonds is 3. The summed E-state index contributed by atoms with van der Waals surface area (Å²) in [6.07, 6.45) is 0. The Balaban J connectivity index is 2.19. The van der Waals surface area contributed by atoms with E-state index < -0.39 is 0 Å². The zero-order valence-electron chi connectivity index (χ0n) is 11.3. The molecule has 0 spiro atoms. The Bertz CT molecular complexity index is 564. The van der Waals surface area contributed by atoms with Crippen LogP contribution in [0.2, 0.25) is 0 Å². The molecule has 1 nitrogen and oxygen atoms in total. The van der Waals surface area contributed by atoms with Crippen LogP contribution in [0.3, 0.4) is 0 Å². The molecule has 0 aliphatic rings. The maximum absolute atomic E-state index is 13.3. The lowest BCUT2D eigenvalue weighted by Crippen LogP contribution is -2.01. The summed E-state index contributed by atoms with van der Waals surface area (Å²) in [5, 5.41) is 0. The first-order chi connectivity index (χ1) is 8.95. The number of ether oxygens (including phenoxy) is 1. The van der Waals surface area contributed by atoms with Crippen LogP contribution in [0.5, 0.6) is 5.75 Å². The average molecular weight is 323 g/mol. The summed E-state index contributed by atoms with van der Waals surface area (Å²) in [6, 6.07) is 8.83. The Hall–Kier alpha value is -1.35. The highest BCUT2D eigenvalue weighted by Crippen LogP contribution is 2.23. The molecule has 0 fully saturated rings. The fraction of sp³-hybridized carbons (Fsp3) is 0.250. The maximum atomic E-state index is 13.3. The van der Waals surface area contributed by atoms with Crippen LogP contribution in [-0.2, 0) is 6.61 Å². The molecular formula is C16H16BrFO. The Kier molecular flexibility index (Phi) is 4.25. The molecule has 0 saturated carbocycles. The van der Waals surface area contributed by atoms with Gasteiger partial charge in [0.15, 0.2) is 0 Å². The molecule has 0 amide bonds. The molecule has 0 aliphatic carbocycles. The predicted molar refractivity (Wildman–Crippen MR) is 79.1 cm³/mol. The third kappa shape index (κ3) is 3.57. The smallest absolute Gasteiger partial charge is 0.128 e. The quantitative estimate of drug-likeness (QED) is 0.764. The third-order valence-electron chi connectivity index (χ3n) is 3.06. The summed E-state index contributed by atoms with van der Waals surface area (Å²) in [7, 11) is 0. The zero-order chi connectivity index (χ0) is 14.0. The summed E-state index contributed by atoms with van der Waals surface area (Å²) < 4.78 is 19.6. The third-order valence-corrected chi connectivity index (χ3v) is 3.52. The first-order valence-corrected chi connectivity index (χ1v) is 6.90. The van der Waals surface area contributed by atoms with Crippen LogP contribution in [0.4, 0.5) is 4.39 Å². The molecule has 0 unspecified atom stereocenters. The van der Waals surface area contributed by atoms with E-state index in [2.05, 4.69) is 48.8 Å². The lowest BCUT2D eigenvalue weighted by molar-refractivity contribution is 0.303. The van der Waals surface area contributed by atoms with Gasteiger partial charge in [-0.05, 0) is 49.6 Å². The van der Waals surface area contributed by atoms with E-state index in [-0.39, 0.29) is 5.82 Å². The minimum absolute atomic E-state index is 0.304. The molecule has 2 aromatic carbocycles. The molecule has 19 heavy (non-hydrogen) atoms. The van der Waals surface area contributed by atoms with Crippen molar-refractivity contribution < 1.29 is 9.13 Å². The van der Waals surface area contributed by atoms with Crippen molar-refractivity contribution in [3.05, 3.63) is 62.9 Å². The van der Waals surface area contributed by atoms with Crippen molar-refractivity contribution in [1.82, 2.24) is 0 Å². The van der Waals surface area contributed by atoms with Crippen molar-refractivity contribution in [2.75, 3.05) is 0 Å². The second-order valence-corrected chi connectivity index (χ2v) is 5.69. The van der Waals surface area contributed by atoms with Gasteiger partial charge in [0.25, 0.3) is 0 Å². The van der Waals surface area contributed by atoms with E-state index >= 15 is 0 Å². The molecule has 0 aromatic heterocycles. The van der Waals surface area contributed by atoms with Gasteiger partial charge >= 0.3 is 0 Å². The first kappa shape index (κ1) is 14.1. The van der Waals surface area contributed by atoms with Gasteiger partial charge in [0, 0.05) is 10.5 Å². The van der Waals surface area contributed by atoms with Crippen LogP contribution in [0.25, 0.3) is 0 Å². The fourth-order valence-corrected chi connectivity index (χ4v) is 2.65. The van der Waals surface area contributed by atoms with Crippen molar-refractivity contribution in [3.63, 3.8) is 0 Å². The monoisotopic (exact) mass is 322 g/mol. The van der Waals surface area contributed by atoms with E-state index in [0.717, 1.165) is 5.56 Å². The van der Waals surface area contributed by atoms with Crippen LogP contribution in [-0.4, -0.2) is 0 Å². The minimum Gasteiger partial charge on any atom is -0.489 e. The molecule has 0 saturated heterocycles. The van der Waals surface area contributed by atoms with E-state index in [1.165, 1.54) is 28.8 Å². The normalized spacial score (nSPS) is 10.6. The fourth-order valence-electron chi connectivity index (χ4n) is 2.20. The average Bonchev–Trinajstić information content (AvgIpc) is 2.25. The van der Waals surface area contributed by atoms with Crippen molar-refractivity contribution in [2.45, 2.75) is 27.4 Å². The number of aryl methyl sites for hydroxylation is 3. The van der Waals surface area contributed by atoms with E-state index in [1.54, 1.807) is 6.07 Å². The van der Waals surface area contributed by atoms with Gasteiger partial charge in [-0.1, -0.05) is 33.6 Å². The molecule has 0 heterocycles. The van der Waals surface area contributed by atoms with Crippen molar-refractivity contribution in [1.29, 1.82) is 0 Å². The van der Waals surface area contributed by atoms with Crippen molar-refractivity contribution in [3.8, 4) is 5.75 Å². The summed E-state index contributed by atoms with van der Waals surface area (Å²) in [6.45, 7) is 6.67. The van der Waals surface area contributed by atoms with E-state index in [4.69, 9.17) is 4.74 Å². The molecule has 0 atom stereocenters. The number of hydrogen-bond acceptors (Lipinski definition) is 1. The lowest BCUT2D eigenvalue weighted by atomic mass is 10.0. The van der Waals surface area contributed by atoms with Gasteiger partial charge in [-0.25, -0.2) is 4.39 Å². The van der Waals surface area contributed by atoms with Gasteiger partial charge < -0.3 is 4.74 Å². The Morgan fingerprint density at radius 3 is 2.21 bits per heavy atom. The predicted octanol–water partition coefficient (Wildman–Crippen LogP) is 5.09. The first-order valence-electron chi connectivity index (χ1n) is 6.11. The van der Waals surface area contributed by atoms with Gasteiger partial charge in [0.05, 0.1) is 0 Å². The largest absolute Gasteiger partial charge is 0.489 e. The van der Waals surface area contributed by atoms with Crippen LogP contribution < -0.4 is 4.74 Å². The van der Waals surface area contributed by atoms with Gasteiger partial charge in [-0.15, -0.1) is 0 Å². The maximum Gasteiger partial charge on any atom is 0.128 e. The molecular weight excluding hydrogens is 307 g/mol. The highest BCUT2D eigenvalue weighted by atomic mass is 79.9. The highest BCUT2D eigenvalue weighted by Gasteiger charge is 2.06. The molecule has 0 radical (unpaired) electrons. The van der Waals surface area contributed by atoms with Gasteiger partial charge in [0.2, 0.25) is 0 Å². The Morgan fingerprint density at radius 2 is 1.63 bits per heavy atom. The summed E-state index contributed by atoms with van der Waals surface area (Å²) in [4.78, 5) is 0. The second kappa shape index (κ2) is 5.74. The van der Waals surface area contributed by atoms with Gasteiger partial charge in [0.1, 0.15) is 18.2 Å². The number of hydrogen-bond donors (Lipinski definition) is 0. The summed E-state index contributed by atoms with van der Waals surface area (Å²) in [5.74, 6) is 0.230. The van der Waals surface area contributed by atoms with Gasteiger partial charge in [-0.2, -0.15) is 0 Å². The Labute approximate surface area is 121 Å². The van der Waals surface area contributed by atoms with Crippen molar-refractivity contribution >= 4 is 15.9 Å². The Morgan fingerprint density at radius 1 is 1.00 bits per heavy atom. The highest BCUT2D eigenvalue weighted by molar-refractivity contribution is 9.10. The molecule has 100 valence electrons.